The number of phenols is 1. The Morgan fingerprint density at radius 2 is 1.65 bits per heavy atom. The van der Waals surface area contributed by atoms with Crippen molar-refractivity contribution in [3.63, 3.8) is 0 Å². The lowest BCUT2D eigenvalue weighted by atomic mass is 10.0. The predicted octanol–water partition coefficient (Wildman–Crippen LogP) is 5.15. The molecule has 1 N–H and O–H groups in total. The minimum absolute atomic E-state index is 0.265. The minimum Gasteiger partial charge on any atom is -0.507 e. The summed E-state index contributed by atoms with van der Waals surface area (Å²) in [5.41, 5.74) is 2.99. The van der Waals surface area contributed by atoms with E-state index in [2.05, 4.69) is 31.9 Å². The van der Waals surface area contributed by atoms with Gasteiger partial charge in [-0.1, -0.05) is 36.4 Å². The molecule has 0 bridgehead atoms. The van der Waals surface area contributed by atoms with E-state index in [0.717, 1.165) is 20.1 Å². The summed E-state index contributed by atoms with van der Waals surface area (Å²) in [4.78, 5) is 0. The summed E-state index contributed by atoms with van der Waals surface area (Å²) in [5, 5.41) is 9.74. The monoisotopic (exact) mass is 352 g/mol. The van der Waals surface area contributed by atoms with Crippen molar-refractivity contribution in [3.05, 3.63) is 57.5 Å². The Labute approximate surface area is 117 Å². The van der Waals surface area contributed by atoms with E-state index in [-0.39, 0.29) is 5.75 Å². The van der Waals surface area contributed by atoms with Crippen molar-refractivity contribution in [1.29, 1.82) is 0 Å². The average molecular weight is 354 g/mol. The quantitative estimate of drug-likeness (QED) is 0.791. The maximum Gasteiger partial charge on any atom is 0.122 e. The Hall–Kier alpha value is -1.06. The Morgan fingerprint density at radius 3 is 2.29 bits per heavy atom. The number of benzene rings is 2. The van der Waals surface area contributed by atoms with Gasteiger partial charge in [0.25, 0.3) is 0 Å². The fourth-order valence-corrected chi connectivity index (χ4v) is 2.09. The number of rotatable bonds is 2. The maximum absolute atomic E-state index is 9.74. The molecule has 17 heavy (non-hydrogen) atoms. The molecule has 0 unspecified atom stereocenters. The molecule has 3 heteroatoms. The molecular weight excluding hydrogens is 344 g/mol. The molecule has 0 aliphatic heterocycles. The first-order valence-corrected chi connectivity index (χ1v) is 6.66. The van der Waals surface area contributed by atoms with Crippen LogP contribution in [0, 0.1) is 0 Å². The third-order valence-corrected chi connectivity index (χ3v) is 2.86. The van der Waals surface area contributed by atoms with Gasteiger partial charge in [-0.05, 0) is 61.2 Å². The van der Waals surface area contributed by atoms with E-state index >= 15 is 0 Å². The van der Waals surface area contributed by atoms with Gasteiger partial charge in [0.05, 0.1) is 3.39 Å². The maximum atomic E-state index is 9.74. The van der Waals surface area contributed by atoms with Crippen LogP contribution in [0.25, 0.3) is 17.2 Å². The highest BCUT2D eigenvalue weighted by Crippen LogP contribution is 2.29. The van der Waals surface area contributed by atoms with Gasteiger partial charge in [0.1, 0.15) is 5.75 Å². The molecule has 86 valence electrons. The van der Waals surface area contributed by atoms with E-state index < -0.39 is 0 Å². The summed E-state index contributed by atoms with van der Waals surface area (Å²) in [6, 6.07) is 15.6. The van der Waals surface area contributed by atoms with Crippen LogP contribution in [0.15, 0.2) is 51.9 Å². The molecule has 2 rings (SSSR count). The van der Waals surface area contributed by atoms with E-state index in [9.17, 15) is 5.11 Å². The Morgan fingerprint density at radius 1 is 0.941 bits per heavy atom. The van der Waals surface area contributed by atoms with Crippen LogP contribution in [0.4, 0.5) is 0 Å². The fraction of sp³-hybridized carbons (Fsp3) is 0. The average Bonchev–Trinajstić information content (AvgIpc) is 2.32. The molecule has 0 aliphatic rings. The zero-order valence-electron chi connectivity index (χ0n) is 8.90. The summed E-state index contributed by atoms with van der Waals surface area (Å²) in [5.74, 6) is 0.265. The van der Waals surface area contributed by atoms with Crippen molar-refractivity contribution >= 4 is 37.9 Å². The predicted molar refractivity (Wildman–Crippen MR) is 79.4 cm³/mol. The third kappa shape index (κ3) is 3.20. The molecule has 0 fully saturated rings. The summed E-state index contributed by atoms with van der Waals surface area (Å²) >= 11 is 6.59. The van der Waals surface area contributed by atoms with E-state index in [0.29, 0.717) is 0 Å². The summed E-state index contributed by atoms with van der Waals surface area (Å²) in [7, 11) is 0. The first-order chi connectivity index (χ1) is 8.16. The van der Waals surface area contributed by atoms with Crippen molar-refractivity contribution in [3.8, 4) is 16.9 Å². The molecule has 0 aromatic heterocycles. The second-order valence-corrected chi connectivity index (χ2v) is 6.35. The van der Waals surface area contributed by atoms with Crippen LogP contribution in [-0.2, 0) is 0 Å². The fourth-order valence-electron chi connectivity index (χ4n) is 1.60. The van der Waals surface area contributed by atoms with E-state index in [1.165, 1.54) is 0 Å². The number of aromatic hydroxyl groups is 1. The number of hydrogen-bond acceptors (Lipinski definition) is 1. The number of phenolic OH excluding ortho intramolecular Hbond substituents is 1. The largest absolute Gasteiger partial charge is 0.507 e. The van der Waals surface area contributed by atoms with Crippen LogP contribution >= 0.6 is 31.9 Å². The molecule has 0 amide bonds. The highest BCUT2D eigenvalue weighted by Gasteiger charge is 2.02. The first-order valence-electron chi connectivity index (χ1n) is 5.08. The molecule has 0 spiro atoms. The topological polar surface area (TPSA) is 20.2 Å². The highest BCUT2D eigenvalue weighted by molar-refractivity contribution is 9.28. The van der Waals surface area contributed by atoms with Crippen molar-refractivity contribution in [2.75, 3.05) is 0 Å². The van der Waals surface area contributed by atoms with Crippen LogP contribution in [0.3, 0.4) is 0 Å². The smallest absolute Gasteiger partial charge is 0.122 e. The zero-order chi connectivity index (χ0) is 12.3. The van der Waals surface area contributed by atoms with Gasteiger partial charge >= 0.3 is 0 Å². The van der Waals surface area contributed by atoms with Gasteiger partial charge in [-0.2, -0.15) is 0 Å². The van der Waals surface area contributed by atoms with Gasteiger partial charge in [-0.15, -0.1) is 0 Å². The van der Waals surface area contributed by atoms with Crippen LogP contribution in [-0.4, -0.2) is 5.11 Å². The standard InChI is InChI=1S/C14H10Br2O/c15-14(16)9-12-8-11(6-7-13(12)17)10-4-2-1-3-5-10/h1-9,17H. The van der Waals surface area contributed by atoms with Crippen molar-refractivity contribution < 1.29 is 5.11 Å². The van der Waals surface area contributed by atoms with Gasteiger partial charge in [-0.3, -0.25) is 0 Å². The van der Waals surface area contributed by atoms with Gasteiger partial charge in [0, 0.05) is 5.56 Å². The lowest BCUT2D eigenvalue weighted by Gasteiger charge is -2.05. The SMILES string of the molecule is Oc1ccc(-c2ccccc2)cc1C=C(Br)Br. The summed E-state index contributed by atoms with van der Waals surface area (Å²) < 4.78 is 0.797. The molecule has 0 radical (unpaired) electrons. The second kappa shape index (κ2) is 5.52. The summed E-state index contributed by atoms with van der Waals surface area (Å²) in [6.07, 6.45) is 1.82. The highest BCUT2D eigenvalue weighted by atomic mass is 79.9. The van der Waals surface area contributed by atoms with Gasteiger partial charge in [0.15, 0.2) is 0 Å². The molecular formula is C14H10Br2O. The zero-order valence-corrected chi connectivity index (χ0v) is 12.1. The Balaban J connectivity index is 2.48. The molecule has 0 saturated heterocycles. The molecule has 0 heterocycles. The normalized spacial score (nSPS) is 10.0. The van der Waals surface area contributed by atoms with Gasteiger partial charge in [0.2, 0.25) is 0 Å². The van der Waals surface area contributed by atoms with Crippen molar-refractivity contribution in [2.24, 2.45) is 0 Å². The molecule has 1 nitrogen and oxygen atoms in total. The van der Waals surface area contributed by atoms with E-state index in [4.69, 9.17) is 0 Å². The van der Waals surface area contributed by atoms with Crippen LogP contribution in [0.5, 0.6) is 5.75 Å². The first kappa shape index (κ1) is 12.4. The minimum atomic E-state index is 0.265. The van der Waals surface area contributed by atoms with Gasteiger partial charge < -0.3 is 5.11 Å². The second-order valence-electron chi connectivity index (χ2n) is 3.57. The van der Waals surface area contributed by atoms with Crippen LogP contribution in [0.1, 0.15) is 5.56 Å². The van der Waals surface area contributed by atoms with Crippen LogP contribution < -0.4 is 0 Å². The summed E-state index contributed by atoms with van der Waals surface area (Å²) in [6.45, 7) is 0. The molecule has 2 aromatic rings. The number of hydrogen-bond donors (Lipinski definition) is 1. The lowest BCUT2D eigenvalue weighted by Crippen LogP contribution is -1.80. The molecule has 0 aliphatic carbocycles. The van der Waals surface area contributed by atoms with E-state index in [1.54, 1.807) is 6.07 Å². The van der Waals surface area contributed by atoms with E-state index in [1.807, 2.05) is 48.5 Å². The Bertz CT molecular complexity index is 543. The molecule has 0 saturated carbocycles. The molecule has 2 aromatic carbocycles. The third-order valence-electron chi connectivity index (χ3n) is 2.40. The molecule has 0 atom stereocenters. The Kier molecular flexibility index (Phi) is 4.02. The van der Waals surface area contributed by atoms with Crippen LogP contribution in [0.2, 0.25) is 0 Å². The van der Waals surface area contributed by atoms with Crippen molar-refractivity contribution in [1.82, 2.24) is 0 Å². The van der Waals surface area contributed by atoms with Crippen molar-refractivity contribution in [2.45, 2.75) is 0 Å². The van der Waals surface area contributed by atoms with Gasteiger partial charge in [-0.25, -0.2) is 0 Å². The number of halogens is 2. The lowest BCUT2D eigenvalue weighted by molar-refractivity contribution is 0.474.